The van der Waals surface area contributed by atoms with Crippen molar-refractivity contribution in [1.82, 2.24) is 25.3 Å². The van der Waals surface area contributed by atoms with Gasteiger partial charge in [0.15, 0.2) is 0 Å². The molecule has 1 atom stereocenters. The van der Waals surface area contributed by atoms with E-state index in [1.54, 1.807) is 0 Å². The Hall–Kier alpha value is -3.21. The number of hydrogen-bond acceptors (Lipinski definition) is 6. The van der Waals surface area contributed by atoms with Gasteiger partial charge in [0, 0.05) is 37.0 Å². The van der Waals surface area contributed by atoms with Crippen molar-refractivity contribution >= 4 is 22.8 Å². The van der Waals surface area contributed by atoms with Gasteiger partial charge in [-0.05, 0) is 38.0 Å². The molecule has 3 aromatic rings. The highest BCUT2D eigenvalue weighted by molar-refractivity contribution is 5.97. The average molecular weight is 434 g/mol. The van der Waals surface area contributed by atoms with E-state index in [-0.39, 0.29) is 29.7 Å². The number of anilines is 1. The Morgan fingerprint density at radius 3 is 2.87 bits per heavy atom. The lowest BCUT2D eigenvalue weighted by Gasteiger charge is -2.39. The highest BCUT2D eigenvalue weighted by Gasteiger charge is 2.35. The minimum Gasteiger partial charge on any atom is -0.386 e. The number of benzene rings is 1. The second-order valence-electron chi connectivity index (χ2n) is 7.76. The fraction of sp³-hybridized carbons (Fsp3) is 0.400. The number of piperidine rings is 1. The number of rotatable bonds is 4. The van der Waals surface area contributed by atoms with Gasteiger partial charge in [-0.2, -0.15) is 13.2 Å². The van der Waals surface area contributed by atoms with Crippen LogP contribution >= 0.6 is 0 Å². The quantitative estimate of drug-likeness (QED) is 0.582. The van der Waals surface area contributed by atoms with Crippen LogP contribution in [-0.2, 0) is 6.18 Å². The van der Waals surface area contributed by atoms with Crippen molar-refractivity contribution in [3.8, 4) is 0 Å². The molecule has 0 radical (unpaired) electrons. The topological polar surface area (TPSA) is 107 Å². The summed E-state index contributed by atoms with van der Waals surface area (Å²) in [5, 5.41) is 13.7. The normalized spacial score (nSPS) is 19.6. The van der Waals surface area contributed by atoms with E-state index in [0.717, 1.165) is 18.7 Å². The summed E-state index contributed by atoms with van der Waals surface area (Å²) in [4.78, 5) is 28.5. The Morgan fingerprint density at radius 1 is 1.32 bits per heavy atom. The first-order valence-electron chi connectivity index (χ1n) is 9.74. The molecule has 0 bridgehead atoms. The lowest BCUT2D eigenvalue weighted by atomic mass is 9.92. The standard InChI is InChI=1S/C20H21F3N6O2/c1-12-7-16(26-11-25-12)29-6-2-5-19(31,10-29)9-24-17(30)13-3-4-14-15(8-13)28-18(27-14)20(21,22)23/h3-4,7-8,11,31H,2,5-6,9-10H2,1H3,(H,24,30)(H,27,28). The van der Waals surface area contributed by atoms with Gasteiger partial charge < -0.3 is 20.3 Å². The maximum absolute atomic E-state index is 12.8. The van der Waals surface area contributed by atoms with Crippen molar-refractivity contribution in [1.29, 1.82) is 0 Å². The molecular weight excluding hydrogens is 413 g/mol. The molecular formula is C20H21F3N6O2. The van der Waals surface area contributed by atoms with E-state index in [4.69, 9.17) is 0 Å². The predicted molar refractivity (Wildman–Crippen MR) is 107 cm³/mol. The zero-order valence-electron chi connectivity index (χ0n) is 16.7. The van der Waals surface area contributed by atoms with Crippen LogP contribution < -0.4 is 10.2 Å². The van der Waals surface area contributed by atoms with E-state index in [9.17, 15) is 23.1 Å². The highest BCUT2D eigenvalue weighted by Crippen LogP contribution is 2.29. The number of imidazole rings is 1. The molecule has 0 aliphatic carbocycles. The number of fused-ring (bicyclic) bond motifs is 1. The molecule has 0 saturated carbocycles. The second kappa shape index (κ2) is 7.80. The second-order valence-corrected chi connectivity index (χ2v) is 7.76. The molecule has 3 heterocycles. The number of nitrogens with zero attached hydrogens (tertiary/aromatic N) is 4. The van der Waals surface area contributed by atoms with Gasteiger partial charge in [0.05, 0.1) is 16.6 Å². The number of aryl methyl sites for hydroxylation is 1. The van der Waals surface area contributed by atoms with Gasteiger partial charge in [-0.1, -0.05) is 0 Å². The smallest absolute Gasteiger partial charge is 0.386 e. The van der Waals surface area contributed by atoms with Crippen LogP contribution in [0.4, 0.5) is 19.0 Å². The number of hydrogen-bond donors (Lipinski definition) is 3. The van der Waals surface area contributed by atoms with E-state index >= 15 is 0 Å². The summed E-state index contributed by atoms with van der Waals surface area (Å²) in [6.07, 6.45) is -1.91. The van der Waals surface area contributed by atoms with Crippen LogP contribution in [0.3, 0.4) is 0 Å². The number of aromatic nitrogens is 4. The number of halogens is 3. The van der Waals surface area contributed by atoms with Crippen LogP contribution in [0.15, 0.2) is 30.6 Å². The van der Waals surface area contributed by atoms with Gasteiger partial charge in [0.2, 0.25) is 5.82 Å². The summed E-state index contributed by atoms with van der Waals surface area (Å²) in [7, 11) is 0. The number of H-pyrrole nitrogens is 1. The summed E-state index contributed by atoms with van der Waals surface area (Å²) in [6.45, 7) is 2.87. The predicted octanol–water partition coefficient (Wildman–Crippen LogP) is 2.44. The van der Waals surface area contributed by atoms with Crippen LogP contribution in [0, 0.1) is 6.92 Å². The van der Waals surface area contributed by atoms with Gasteiger partial charge in [0.25, 0.3) is 5.91 Å². The van der Waals surface area contributed by atoms with Crippen LogP contribution in [0.1, 0.15) is 34.7 Å². The van der Waals surface area contributed by atoms with E-state index in [1.807, 2.05) is 17.9 Å². The molecule has 0 spiro atoms. The van der Waals surface area contributed by atoms with E-state index in [2.05, 4.69) is 25.3 Å². The van der Waals surface area contributed by atoms with Gasteiger partial charge >= 0.3 is 6.18 Å². The largest absolute Gasteiger partial charge is 0.449 e. The molecule has 1 unspecified atom stereocenters. The minimum atomic E-state index is -4.60. The first-order chi connectivity index (χ1) is 14.6. The number of carbonyl (C=O) groups is 1. The number of aromatic amines is 1. The molecule has 2 aromatic heterocycles. The molecule has 1 aliphatic heterocycles. The number of alkyl halides is 3. The first kappa shape index (κ1) is 21.0. The van der Waals surface area contributed by atoms with Crippen molar-refractivity contribution in [3.63, 3.8) is 0 Å². The van der Waals surface area contributed by atoms with E-state index in [0.29, 0.717) is 12.2 Å². The van der Waals surface area contributed by atoms with Crippen LogP contribution in [0.5, 0.6) is 0 Å². The lowest BCUT2D eigenvalue weighted by molar-refractivity contribution is -0.144. The SMILES string of the molecule is Cc1cc(N2CCCC(O)(CNC(=O)c3ccc4nc(C(F)(F)F)[nH]c4c3)C2)ncn1. The van der Waals surface area contributed by atoms with Crippen molar-refractivity contribution in [2.45, 2.75) is 31.5 Å². The van der Waals surface area contributed by atoms with E-state index in [1.165, 1.54) is 24.5 Å². The van der Waals surface area contributed by atoms with Gasteiger partial charge in [-0.25, -0.2) is 15.0 Å². The molecule has 31 heavy (non-hydrogen) atoms. The van der Waals surface area contributed by atoms with Crippen LogP contribution in [-0.4, -0.2) is 56.2 Å². The molecule has 4 rings (SSSR count). The zero-order valence-corrected chi connectivity index (χ0v) is 16.7. The highest BCUT2D eigenvalue weighted by atomic mass is 19.4. The van der Waals surface area contributed by atoms with Crippen LogP contribution in [0.2, 0.25) is 0 Å². The molecule has 1 amide bonds. The van der Waals surface area contributed by atoms with Crippen molar-refractivity contribution in [3.05, 3.63) is 47.7 Å². The molecule has 1 fully saturated rings. The lowest BCUT2D eigenvalue weighted by Crippen LogP contribution is -2.54. The summed E-state index contributed by atoms with van der Waals surface area (Å²) >= 11 is 0. The zero-order chi connectivity index (χ0) is 22.2. The fourth-order valence-electron chi connectivity index (χ4n) is 3.70. The number of carbonyl (C=O) groups excluding carboxylic acids is 1. The van der Waals surface area contributed by atoms with Crippen molar-refractivity contribution < 1.29 is 23.1 Å². The van der Waals surface area contributed by atoms with Crippen molar-refractivity contribution in [2.75, 3.05) is 24.5 Å². The number of β-amino-alcohol motifs (C(OH)–C–C–N with tert-alkyl or cyclic N) is 1. The summed E-state index contributed by atoms with van der Waals surface area (Å²) in [5.41, 5.74) is 0.0593. The third kappa shape index (κ3) is 4.61. The Labute approximate surface area is 175 Å². The monoisotopic (exact) mass is 434 g/mol. The van der Waals surface area contributed by atoms with Gasteiger partial charge in [-0.15, -0.1) is 0 Å². The summed E-state index contributed by atoms with van der Waals surface area (Å²) in [5.74, 6) is -0.896. The Balaban J connectivity index is 1.43. The molecule has 1 saturated heterocycles. The van der Waals surface area contributed by atoms with E-state index < -0.39 is 23.5 Å². The molecule has 1 aliphatic rings. The first-order valence-corrected chi connectivity index (χ1v) is 9.74. The third-order valence-corrected chi connectivity index (χ3v) is 5.26. The number of nitrogens with one attached hydrogen (secondary N) is 2. The molecule has 8 nitrogen and oxygen atoms in total. The van der Waals surface area contributed by atoms with Gasteiger partial charge in [-0.3, -0.25) is 4.79 Å². The summed E-state index contributed by atoms with van der Waals surface area (Å²) < 4.78 is 38.5. The fourth-order valence-corrected chi connectivity index (χ4v) is 3.70. The average Bonchev–Trinajstić information content (AvgIpc) is 3.16. The minimum absolute atomic E-state index is 0.00120. The van der Waals surface area contributed by atoms with Crippen molar-refractivity contribution in [2.24, 2.45) is 0 Å². The number of amides is 1. The molecule has 1 aromatic carbocycles. The molecule has 11 heteroatoms. The van der Waals surface area contributed by atoms with Gasteiger partial charge in [0.1, 0.15) is 12.1 Å². The Bertz CT molecular complexity index is 1120. The maximum Gasteiger partial charge on any atom is 0.449 e. The Kier molecular flexibility index (Phi) is 5.29. The molecule has 3 N–H and O–H groups in total. The summed E-state index contributed by atoms with van der Waals surface area (Å²) in [6, 6.07) is 5.90. The Morgan fingerprint density at radius 2 is 2.13 bits per heavy atom. The maximum atomic E-state index is 12.8. The third-order valence-electron chi connectivity index (χ3n) is 5.26. The van der Waals surface area contributed by atoms with Crippen LogP contribution in [0.25, 0.3) is 11.0 Å². The number of aliphatic hydroxyl groups is 1. The molecule has 164 valence electrons.